The fourth-order valence-corrected chi connectivity index (χ4v) is 5.40. The van der Waals surface area contributed by atoms with Crippen molar-refractivity contribution in [2.75, 3.05) is 0 Å². The lowest BCUT2D eigenvalue weighted by Gasteiger charge is -2.14. The van der Waals surface area contributed by atoms with E-state index in [0.717, 1.165) is 5.39 Å². The molecule has 0 fully saturated rings. The molecule has 5 nitrogen and oxygen atoms in total. The van der Waals surface area contributed by atoms with Gasteiger partial charge in [0.25, 0.3) is 10.0 Å². The second-order valence-corrected chi connectivity index (χ2v) is 8.67. The highest BCUT2D eigenvalue weighted by Crippen LogP contribution is 2.31. The smallest absolute Gasteiger partial charge is 0.303 e. The van der Waals surface area contributed by atoms with Gasteiger partial charge >= 0.3 is 5.97 Å². The SMILES string of the molecule is O=C(O)CCc1cc2cc(Cl)ccc2n1S(=O)(=O)c1cccc2ccccc12. The maximum Gasteiger partial charge on any atom is 0.303 e. The van der Waals surface area contributed by atoms with E-state index in [9.17, 15) is 13.2 Å². The maximum atomic E-state index is 13.7. The molecule has 1 N–H and O–H groups in total. The third-order valence-electron chi connectivity index (χ3n) is 4.65. The first kappa shape index (κ1) is 18.5. The van der Waals surface area contributed by atoms with Gasteiger partial charge in [-0.25, -0.2) is 12.4 Å². The molecule has 7 heteroatoms. The largest absolute Gasteiger partial charge is 0.481 e. The number of halogens is 1. The second kappa shape index (κ2) is 6.96. The van der Waals surface area contributed by atoms with Crippen LogP contribution >= 0.6 is 11.6 Å². The van der Waals surface area contributed by atoms with Crippen LogP contribution in [0.5, 0.6) is 0 Å². The Balaban J connectivity index is 2.00. The summed E-state index contributed by atoms with van der Waals surface area (Å²) in [5.74, 6) is -0.989. The molecule has 4 aromatic rings. The lowest BCUT2D eigenvalue weighted by atomic mass is 10.1. The monoisotopic (exact) mass is 413 g/mol. The molecule has 0 saturated heterocycles. The Bertz CT molecular complexity index is 1320. The molecule has 0 aliphatic heterocycles. The number of rotatable bonds is 5. The number of fused-ring (bicyclic) bond motifs is 2. The van der Waals surface area contributed by atoms with E-state index in [1.165, 1.54) is 3.97 Å². The number of hydrogen-bond donors (Lipinski definition) is 1. The summed E-state index contributed by atoms with van der Waals surface area (Å²) in [7, 11) is -3.96. The van der Waals surface area contributed by atoms with Gasteiger partial charge in [0.1, 0.15) is 0 Å². The quantitative estimate of drug-likeness (QED) is 0.514. The zero-order valence-corrected chi connectivity index (χ0v) is 16.2. The van der Waals surface area contributed by atoms with E-state index in [0.29, 0.717) is 27.0 Å². The third kappa shape index (κ3) is 3.15. The zero-order chi connectivity index (χ0) is 19.9. The number of carbonyl (C=O) groups is 1. The molecular weight excluding hydrogens is 398 g/mol. The Hall–Kier alpha value is -2.83. The van der Waals surface area contributed by atoms with Crippen LogP contribution in [0.25, 0.3) is 21.7 Å². The van der Waals surface area contributed by atoms with Crippen molar-refractivity contribution in [3.8, 4) is 0 Å². The fourth-order valence-electron chi connectivity index (χ4n) is 3.43. The van der Waals surface area contributed by atoms with Crippen LogP contribution in [0.15, 0.2) is 71.6 Å². The maximum absolute atomic E-state index is 13.7. The predicted octanol–water partition coefficient (Wildman–Crippen LogP) is 4.70. The van der Waals surface area contributed by atoms with Gasteiger partial charge in [-0.1, -0.05) is 48.0 Å². The normalized spacial score (nSPS) is 11.9. The van der Waals surface area contributed by atoms with E-state index in [1.54, 1.807) is 48.5 Å². The van der Waals surface area contributed by atoms with Crippen molar-refractivity contribution < 1.29 is 18.3 Å². The molecule has 1 heterocycles. The zero-order valence-electron chi connectivity index (χ0n) is 14.7. The van der Waals surface area contributed by atoms with E-state index >= 15 is 0 Å². The van der Waals surface area contributed by atoms with Gasteiger partial charge in [0, 0.05) is 21.5 Å². The second-order valence-electron chi connectivity index (χ2n) is 6.48. The number of aromatic nitrogens is 1. The third-order valence-corrected chi connectivity index (χ3v) is 6.71. The van der Waals surface area contributed by atoms with Gasteiger partial charge in [0.15, 0.2) is 0 Å². The average molecular weight is 414 g/mol. The predicted molar refractivity (Wildman–Crippen MR) is 109 cm³/mol. The van der Waals surface area contributed by atoms with Gasteiger partial charge in [-0.3, -0.25) is 4.79 Å². The Morgan fingerprint density at radius 3 is 2.50 bits per heavy atom. The topological polar surface area (TPSA) is 76.4 Å². The van der Waals surface area contributed by atoms with Gasteiger partial charge in [0.2, 0.25) is 0 Å². The van der Waals surface area contributed by atoms with Crippen LogP contribution in [-0.2, 0) is 21.2 Å². The average Bonchev–Trinajstić information content (AvgIpc) is 3.04. The van der Waals surface area contributed by atoms with Crippen molar-refractivity contribution in [3.63, 3.8) is 0 Å². The molecule has 142 valence electrons. The minimum atomic E-state index is -3.96. The number of nitrogens with zero attached hydrogens (tertiary/aromatic N) is 1. The molecule has 0 saturated carbocycles. The molecule has 0 radical (unpaired) electrons. The van der Waals surface area contributed by atoms with E-state index in [4.69, 9.17) is 16.7 Å². The summed E-state index contributed by atoms with van der Waals surface area (Å²) in [6, 6.07) is 19.0. The molecule has 0 atom stereocenters. The highest BCUT2D eigenvalue weighted by molar-refractivity contribution is 7.90. The first-order valence-electron chi connectivity index (χ1n) is 8.63. The highest BCUT2D eigenvalue weighted by atomic mass is 35.5. The molecule has 28 heavy (non-hydrogen) atoms. The summed E-state index contributed by atoms with van der Waals surface area (Å²) in [4.78, 5) is 11.2. The van der Waals surface area contributed by atoms with Gasteiger partial charge < -0.3 is 5.11 Å². The summed E-state index contributed by atoms with van der Waals surface area (Å²) in [5, 5.41) is 11.6. The Labute approximate surface area is 166 Å². The van der Waals surface area contributed by atoms with Crippen LogP contribution in [0.1, 0.15) is 12.1 Å². The number of hydrogen-bond acceptors (Lipinski definition) is 3. The minimum Gasteiger partial charge on any atom is -0.481 e. The van der Waals surface area contributed by atoms with Crippen LogP contribution < -0.4 is 0 Å². The van der Waals surface area contributed by atoms with Crippen molar-refractivity contribution in [2.24, 2.45) is 0 Å². The number of aliphatic carboxylic acids is 1. The summed E-state index contributed by atoms with van der Waals surface area (Å²) < 4.78 is 28.6. The molecular formula is C21H16ClNO4S. The Kier molecular flexibility index (Phi) is 4.61. The number of benzene rings is 3. The first-order valence-corrected chi connectivity index (χ1v) is 10.4. The Morgan fingerprint density at radius 2 is 1.71 bits per heavy atom. The van der Waals surface area contributed by atoms with Gasteiger partial charge in [-0.2, -0.15) is 0 Å². The number of carboxylic acids is 1. The van der Waals surface area contributed by atoms with Gasteiger partial charge in [-0.05, 0) is 42.1 Å². The number of carboxylic acid groups (broad SMARTS) is 1. The Morgan fingerprint density at radius 1 is 0.964 bits per heavy atom. The standard InChI is InChI=1S/C21H16ClNO4S/c22-16-8-10-19-15(12-16)13-17(9-11-21(24)25)23(19)28(26,27)20-7-3-5-14-4-1-2-6-18(14)20/h1-8,10,12-13H,9,11H2,(H,24,25). The van der Waals surface area contributed by atoms with Crippen molar-refractivity contribution in [1.82, 2.24) is 3.97 Å². The van der Waals surface area contributed by atoms with Crippen LogP contribution in [-0.4, -0.2) is 23.5 Å². The van der Waals surface area contributed by atoms with Crippen molar-refractivity contribution >= 4 is 49.3 Å². The fraction of sp³-hybridized carbons (Fsp3) is 0.0952. The van der Waals surface area contributed by atoms with Gasteiger partial charge in [0.05, 0.1) is 16.8 Å². The first-order chi connectivity index (χ1) is 13.4. The van der Waals surface area contributed by atoms with Crippen molar-refractivity contribution in [1.29, 1.82) is 0 Å². The lowest BCUT2D eigenvalue weighted by molar-refractivity contribution is -0.136. The summed E-state index contributed by atoms with van der Waals surface area (Å²) in [6.07, 6.45) is -0.0826. The van der Waals surface area contributed by atoms with Crippen LogP contribution in [0.3, 0.4) is 0 Å². The molecule has 1 aromatic heterocycles. The molecule has 0 spiro atoms. The molecule has 0 aliphatic rings. The summed E-state index contributed by atoms with van der Waals surface area (Å²) in [5.41, 5.74) is 0.880. The summed E-state index contributed by atoms with van der Waals surface area (Å²) >= 11 is 6.06. The molecule has 4 rings (SSSR count). The van der Waals surface area contributed by atoms with Gasteiger partial charge in [-0.15, -0.1) is 0 Å². The van der Waals surface area contributed by atoms with E-state index < -0.39 is 16.0 Å². The minimum absolute atomic E-state index is 0.0889. The van der Waals surface area contributed by atoms with Crippen molar-refractivity contribution in [3.05, 3.63) is 77.4 Å². The summed E-state index contributed by atoms with van der Waals surface area (Å²) in [6.45, 7) is 0. The van der Waals surface area contributed by atoms with Crippen LogP contribution in [0, 0.1) is 0 Å². The molecule has 3 aromatic carbocycles. The van der Waals surface area contributed by atoms with Crippen LogP contribution in [0.2, 0.25) is 5.02 Å². The van der Waals surface area contributed by atoms with E-state index in [1.807, 2.05) is 18.2 Å². The highest BCUT2D eigenvalue weighted by Gasteiger charge is 2.25. The van der Waals surface area contributed by atoms with Crippen LogP contribution in [0.4, 0.5) is 0 Å². The lowest BCUT2D eigenvalue weighted by Crippen LogP contribution is -2.16. The number of aryl methyl sites for hydroxylation is 1. The molecule has 0 amide bonds. The van der Waals surface area contributed by atoms with E-state index in [2.05, 4.69) is 0 Å². The molecule has 0 bridgehead atoms. The molecule has 0 aliphatic carbocycles. The van der Waals surface area contributed by atoms with E-state index in [-0.39, 0.29) is 17.7 Å². The molecule has 0 unspecified atom stereocenters. The van der Waals surface area contributed by atoms with Crippen molar-refractivity contribution in [2.45, 2.75) is 17.7 Å².